The molecule has 2 aliphatic heterocycles. The summed E-state index contributed by atoms with van der Waals surface area (Å²) in [6.45, 7) is 14.3. The Bertz CT molecular complexity index is 3810. The van der Waals surface area contributed by atoms with E-state index in [1.54, 1.807) is 160 Å². The maximum atomic E-state index is 12.2. The van der Waals surface area contributed by atoms with Crippen LogP contribution in [0.2, 0.25) is 0 Å². The lowest BCUT2D eigenvalue weighted by molar-refractivity contribution is -0.137. The topological polar surface area (TPSA) is 686 Å². The molecule has 4 atom stereocenters. The zero-order valence-corrected chi connectivity index (χ0v) is 78.7. The first-order valence-electron chi connectivity index (χ1n) is 38.5. The Morgan fingerprint density at radius 3 is 1.06 bits per heavy atom. The van der Waals surface area contributed by atoms with E-state index in [2.05, 4.69) is 95.5 Å². The lowest BCUT2D eigenvalue weighted by Gasteiger charge is -2.27. The van der Waals surface area contributed by atoms with E-state index < -0.39 is 76.9 Å². The van der Waals surface area contributed by atoms with Crippen LogP contribution in [0, 0.1) is 38.4 Å². The van der Waals surface area contributed by atoms with Crippen molar-refractivity contribution in [3.8, 4) is 6.07 Å². The molecule has 4 unspecified atom stereocenters. The van der Waals surface area contributed by atoms with Crippen molar-refractivity contribution in [1.29, 1.82) is 10.7 Å². The molecule has 26 N–H and O–H groups in total. The third-order valence-electron chi connectivity index (χ3n) is 16.0. The Hall–Kier alpha value is -9.43. The number of hydrogen-bond donors (Lipinski definition) is 22. The second-order valence-electron chi connectivity index (χ2n) is 28.7. The molecule has 0 spiro atoms. The quantitative estimate of drug-likeness (QED) is 0.00842. The molecule has 0 saturated heterocycles. The molecule has 5 rings (SSSR count). The summed E-state index contributed by atoms with van der Waals surface area (Å²) in [5.74, 6) is -2.57. The molecule has 0 aliphatic carbocycles. The number of alkyl halides is 1. The van der Waals surface area contributed by atoms with Crippen LogP contribution < -0.4 is 70.8 Å². The van der Waals surface area contributed by atoms with Crippen molar-refractivity contribution < 1.29 is 104 Å². The molecule has 125 heavy (non-hydrogen) atoms. The van der Waals surface area contributed by atoms with Gasteiger partial charge in [-0.15, -0.1) is 0 Å². The van der Waals surface area contributed by atoms with Crippen molar-refractivity contribution in [2.45, 2.75) is 112 Å². The van der Waals surface area contributed by atoms with Gasteiger partial charge in [0.15, 0.2) is 11.9 Å². The number of benzene rings is 2. The van der Waals surface area contributed by atoms with Crippen molar-refractivity contribution in [2.75, 3.05) is 137 Å². The molecule has 0 radical (unpaired) electrons. The monoisotopic (exact) mass is 1970 g/mol. The Kier molecular flexibility index (Phi) is 65.9. The third kappa shape index (κ3) is 53.6. The molecule has 0 fully saturated rings. The average Bonchev–Trinajstić information content (AvgIpc) is 1.63. The molecule has 49 heteroatoms. The number of carbonyl (C=O) groups is 12. The number of carbonyl (C=O) groups excluding carboxylic acids is 12. The van der Waals surface area contributed by atoms with Gasteiger partial charge in [0.2, 0.25) is 59.2 Å². The van der Waals surface area contributed by atoms with E-state index >= 15 is 0 Å². The zero-order chi connectivity index (χ0) is 97.4. The predicted octanol–water partition coefficient (Wildman–Crippen LogP) is -0.653. The molecule has 3 aromatic rings. The van der Waals surface area contributed by atoms with Crippen LogP contribution in [0.25, 0.3) is 0 Å². The number of pyridine rings is 1. The maximum Gasteiger partial charge on any atom is 0.271 e. The summed E-state index contributed by atoms with van der Waals surface area (Å²) in [5.41, 5.74) is 19.2. The summed E-state index contributed by atoms with van der Waals surface area (Å²) < 4.78 is 20.5. The lowest BCUT2D eigenvalue weighted by Crippen LogP contribution is -2.46. The van der Waals surface area contributed by atoms with Crippen LogP contribution in [0.4, 0.5) is 4.39 Å². The smallest absolute Gasteiger partial charge is 0.271 e. The van der Waals surface area contributed by atoms with Gasteiger partial charge in [0.1, 0.15) is 24.4 Å². The molecule has 1 aromatic heterocycles. The fourth-order valence-corrected chi connectivity index (χ4v) is 11.2. The number of nitrogens with two attached hydrogens (primary N) is 4. The fourth-order valence-electron chi connectivity index (χ4n) is 8.14. The number of imide groups is 2. The second-order valence-corrected chi connectivity index (χ2v) is 33.2. The van der Waals surface area contributed by atoms with Gasteiger partial charge in [0, 0.05) is 198 Å². The number of aromatic nitrogens is 1. The van der Waals surface area contributed by atoms with Gasteiger partial charge in [-0.25, -0.2) is 4.31 Å². The highest BCUT2D eigenvalue weighted by atomic mass is 80.9. The van der Waals surface area contributed by atoms with Gasteiger partial charge in [0.05, 0.1) is 63.3 Å². The van der Waals surface area contributed by atoms with E-state index in [-0.39, 0.29) is 156 Å². The number of hydrogen-bond acceptors (Lipinski definition) is 28. The highest BCUT2D eigenvalue weighted by Gasteiger charge is 2.38. The van der Waals surface area contributed by atoms with Gasteiger partial charge >= 0.3 is 0 Å². The van der Waals surface area contributed by atoms with Crippen LogP contribution in [0.1, 0.15) is 131 Å². The van der Waals surface area contributed by atoms with Gasteiger partial charge in [-0.2, -0.15) is 19.6 Å². The van der Waals surface area contributed by atoms with Crippen LogP contribution in [-0.4, -0.2) is 316 Å². The summed E-state index contributed by atoms with van der Waals surface area (Å²) in [6.07, 6.45) is -1.75. The van der Waals surface area contributed by atoms with Crippen molar-refractivity contribution in [3.05, 3.63) is 101 Å². The molecular weight excluding hydrogens is 1850 g/mol. The van der Waals surface area contributed by atoms with Gasteiger partial charge < -0.3 is 116 Å². The van der Waals surface area contributed by atoms with Crippen LogP contribution in [0.3, 0.4) is 0 Å². The summed E-state index contributed by atoms with van der Waals surface area (Å²) in [5, 5.41) is 113. The normalized spacial score (nSPS) is 13.0. The van der Waals surface area contributed by atoms with E-state index in [0.717, 1.165) is 28.2 Å². The first-order chi connectivity index (χ1) is 59.1. The molecule has 0 bridgehead atoms. The van der Waals surface area contributed by atoms with E-state index in [4.69, 9.17) is 45.2 Å². The van der Waals surface area contributed by atoms with Crippen LogP contribution >= 0.6 is 73.7 Å². The number of guanidine groups is 4. The van der Waals surface area contributed by atoms with Crippen LogP contribution in [-0.2, 0) is 38.4 Å². The molecule has 704 valence electrons. The Morgan fingerprint density at radius 1 is 0.520 bits per heavy atom. The van der Waals surface area contributed by atoms with Gasteiger partial charge in [-0.3, -0.25) is 77.6 Å². The summed E-state index contributed by atoms with van der Waals surface area (Å²) >= 11 is 7.67. The number of rotatable bonds is 39. The van der Waals surface area contributed by atoms with E-state index in [9.17, 15) is 92.6 Å². The number of aliphatic hydroxyl groups is 8. The number of nitrogens with zero attached hydrogens (tertiary/aromatic N) is 8. The number of aliphatic hydroxyl groups excluding tert-OH is 8. The minimum atomic E-state index is -1.38. The minimum absolute atomic E-state index is 0.00962. The molecule has 2 aromatic carbocycles. The van der Waals surface area contributed by atoms with Gasteiger partial charge in [-0.1, -0.05) is 107 Å². The third-order valence-corrected chi connectivity index (χ3v) is 20.0. The Morgan fingerprint density at radius 2 is 0.800 bits per heavy atom. The number of nitrogens with one attached hydrogen (secondary N) is 10. The van der Waals surface area contributed by atoms with Gasteiger partial charge in [0.25, 0.3) is 23.6 Å². The predicted molar refractivity (Wildman–Crippen MR) is 490 cm³/mol. The standard InChI is InChI=1S/C22H42N4O8S2.C19H25N3O6S.C15H31N7O4S.C8H5NO2.C5H5N.C4H11N5.C2H3N.CH3F.Br2/c1-21(2,13-27)17(31)19(33)25-7-5-15(29)23-9-11-35-36-12-10-24-16(30)6-8-26-20(34)18(32)22(3,4)14-28;1-19(2,11-23)15(25)16(26)21-8-7-14(24)20-9-10-29-22-17(27)12-5-3-4-6-13(12)18(22)28;1-15(2,9-23)11(25)12(26)19-6-5-10(24)18-7-8-27-21-13(16)20-14(17)22(3)4;10-7-5-3-1-2-4-6(5)8(11)9-7;1-2-4-6-5-3-1;1-9(2)4(7)8-3(5)6;1-2-3;2*1-2/h17-18,27-28,31-32H,5-14H2,1-4H3,(H,23,29)(H,24,30)(H,25,33)(H,26,34);3-6,15,23,25H,7-11H2,1-2H3,(H,20,24)(H,21,26);11,23,25H,5-9H2,1-4H3,(H,18,24)(H,19,26)(H4,16,17,20,21);1-4H,(H,9,10,11);1-5H;1-2H3,(H5,5,6,7,8);1H3;1H3;/i;;;;;;;1D;. The van der Waals surface area contributed by atoms with Crippen molar-refractivity contribution in [3.63, 3.8) is 0 Å². The summed E-state index contributed by atoms with van der Waals surface area (Å²) in [7, 11) is 8.97. The first-order valence-corrected chi connectivity index (χ1v) is 45.8. The number of amides is 12. The van der Waals surface area contributed by atoms with E-state index in [1.165, 1.54) is 28.5 Å². The number of fused-ring (bicyclic) bond motifs is 2. The largest absolute Gasteiger partial charge is 0.396 e. The average molecular weight is 1980 g/mol. The lowest BCUT2D eigenvalue weighted by atomic mass is 9.87. The van der Waals surface area contributed by atoms with E-state index in [0.29, 0.717) is 64.9 Å². The van der Waals surface area contributed by atoms with Crippen LogP contribution in [0.5, 0.6) is 0 Å². The highest BCUT2D eigenvalue weighted by molar-refractivity contribution is 9.93. The molecule has 0 saturated carbocycles. The number of nitriles is 1. The maximum absolute atomic E-state index is 12.2. The van der Waals surface area contributed by atoms with Crippen molar-refractivity contribution >= 4 is 168 Å². The van der Waals surface area contributed by atoms with E-state index in [1.807, 2.05) is 18.2 Å². The van der Waals surface area contributed by atoms with Gasteiger partial charge in [-0.05, 0) is 60.3 Å². The summed E-state index contributed by atoms with van der Waals surface area (Å²) in [6, 6.07) is 20.8. The molecule has 12 amide bonds. The fraction of sp³-hybridized carbons (Fsp3) is 0.553. The number of halogens is 3. The Labute approximate surface area is 761 Å². The highest BCUT2D eigenvalue weighted by Crippen LogP contribution is 2.29. The molecule has 2 aliphatic rings. The molecule has 42 nitrogen and oxygen atoms in total. The minimum Gasteiger partial charge on any atom is -0.396 e. The first kappa shape index (κ1) is 120. The van der Waals surface area contributed by atoms with Crippen molar-refractivity contribution in [2.24, 2.45) is 59.0 Å². The Balaban J connectivity index is -0.000000747. The van der Waals surface area contributed by atoms with Crippen molar-refractivity contribution in [1.82, 2.24) is 66.9 Å². The summed E-state index contributed by atoms with van der Waals surface area (Å²) in [4.78, 5) is 155. The van der Waals surface area contributed by atoms with Crippen LogP contribution in [0.15, 0.2) is 93.5 Å². The molecular formula is C76H125Br2FN22O20S4. The SMILES string of the molecule is BrBr.CC#N.CC(C)(CO)C(O)C(=O)NCCC(=O)NCCSN1C(=O)c2ccccc2C1=O.CC(C)(CO)C(O)C(=O)NCCC(=O)NCCSSCCNC(=O)CCNC(=O)C(O)C(C)(C)CO.CN(C)C(N)=NC(=N)N.CN(C)C(N)=NC(N)=NSCCNC(=O)CCNC(=O)C(O)C(C)(C)CO.O=C1NC(=O)c2ccccc21.[2H]CF.c1ccncc1. The second kappa shape index (κ2) is 68.8. The molecule has 3 heterocycles. The zero-order valence-electron chi connectivity index (χ0n) is 73.3. The number of aliphatic imine (C=N–C) groups is 2.